The summed E-state index contributed by atoms with van der Waals surface area (Å²) in [6.45, 7) is 2.70. The smallest absolute Gasteiger partial charge is 0.243 e. The molecule has 1 fully saturated rings. The fourth-order valence-corrected chi connectivity index (χ4v) is 4.82. The van der Waals surface area contributed by atoms with Crippen molar-refractivity contribution in [3.63, 3.8) is 0 Å². The van der Waals surface area contributed by atoms with Gasteiger partial charge in [0.25, 0.3) is 0 Å². The molecular formula is C19H23NO4S. The van der Waals surface area contributed by atoms with Crippen molar-refractivity contribution in [3.05, 3.63) is 65.7 Å². The molecule has 0 saturated carbocycles. The van der Waals surface area contributed by atoms with Crippen molar-refractivity contribution < 1.29 is 18.3 Å². The van der Waals surface area contributed by atoms with Crippen molar-refractivity contribution in [2.24, 2.45) is 0 Å². The maximum absolute atomic E-state index is 12.7. The van der Waals surface area contributed by atoms with Gasteiger partial charge in [0.2, 0.25) is 10.0 Å². The molecule has 2 unspecified atom stereocenters. The average Bonchev–Trinajstić information content (AvgIpc) is 3.34. The highest BCUT2D eigenvalue weighted by Gasteiger charge is 2.54. The maximum atomic E-state index is 12.7. The molecule has 0 amide bonds. The Kier molecular flexibility index (Phi) is 5.54. The standard InChI is InChI=1S/C19H23NO4S/c1-15-7-9-17(10-8-15)25(22,23)20-18(19(20)13-21)11-12-24-14-16-5-3-2-4-6-16/h2-10,18-19,21H,11-14H2,1H3/t18?,19?,20-/m0/s1. The summed E-state index contributed by atoms with van der Waals surface area (Å²) in [4.78, 5) is 0.268. The third kappa shape index (κ3) is 4.10. The fourth-order valence-electron chi connectivity index (χ4n) is 2.99. The number of hydrogen-bond acceptors (Lipinski definition) is 4. The van der Waals surface area contributed by atoms with Crippen LogP contribution in [0.1, 0.15) is 17.5 Å². The van der Waals surface area contributed by atoms with Crippen molar-refractivity contribution in [2.75, 3.05) is 13.2 Å². The molecule has 1 saturated heterocycles. The molecule has 2 aromatic carbocycles. The first-order valence-corrected chi connectivity index (χ1v) is 9.81. The van der Waals surface area contributed by atoms with Crippen LogP contribution in [-0.2, 0) is 21.4 Å². The molecule has 3 atom stereocenters. The van der Waals surface area contributed by atoms with E-state index in [-0.39, 0.29) is 23.6 Å². The zero-order chi connectivity index (χ0) is 17.9. The monoisotopic (exact) mass is 361 g/mol. The summed E-state index contributed by atoms with van der Waals surface area (Å²) < 4.78 is 32.5. The molecular weight excluding hydrogens is 338 g/mol. The van der Waals surface area contributed by atoms with Crippen LogP contribution in [0.15, 0.2) is 59.5 Å². The van der Waals surface area contributed by atoms with Crippen LogP contribution in [0, 0.1) is 6.92 Å². The van der Waals surface area contributed by atoms with Crippen LogP contribution in [0.4, 0.5) is 0 Å². The van der Waals surface area contributed by atoms with Gasteiger partial charge >= 0.3 is 0 Å². The lowest BCUT2D eigenvalue weighted by Crippen LogP contribution is -2.17. The number of sulfonamides is 1. The second kappa shape index (κ2) is 7.66. The summed E-state index contributed by atoms with van der Waals surface area (Å²) in [6.07, 6.45) is 0.573. The number of aryl methyl sites for hydroxylation is 1. The molecule has 1 heterocycles. The number of aliphatic hydroxyl groups excluding tert-OH is 1. The second-order valence-corrected chi connectivity index (χ2v) is 8.14. The third-order valence-electron chi connectivity index (χ3n) is 4.46. The number of ether oxygens (including phenoxy) is 1. The van der Waals surface area contributed by atoms with E-state index in [9.17, 15) is 13.5 Å². The molecule has 134 valence electrons. The van der Waals surface area contributed by atoms with Gasteiger partial charge in [0, 0.05) is 12.6 Å². The zero-order valence-corrected chi connectivity index (χ0v) is 15.0. The number of nitrogens with zero attached hydrogens (tertiary/aromatic N) is 1. The van der Waals surface area contributed by atoms with E-state index in [0.717, 1.165) is 11.1 Å². The van der Waals surface area contributed by atoms with Crippen molar-refractivity contribution in [1.82, 2.24) is 4.31 Å². The Morgan fingerprint density at radius 3 is 2.36 bits per heavy atom. The van der Waals surface area contributed by atoms with Crippen LogP contribution in [-0.4, -0.2) is 43.1 Å². The topological polar surface area (TPSA) is 66.6 Å². The predicted octanol–water partition coefficient (Wildman–Crippen LogP) is 2.34. The van der Waals surface area contributed by atoms with E-state index in [4.69, 9.17) is 4.74 Å². The van der Waals surface area contributed by atoms with Crippen LogP contribution in [0.2, 0.25) is 0 Å². The van der Waals surface area contributed by atoms with E-state index in [2.05, 4.69) is 0 Å². The van der Waals surface area contributed by atoms with Crippen molar-refractivity contribution in [3.8, 4) is 0 Å². The summed E-state index contributed by atoms with van der Waals surface area (Å²) in [5.41, 5.74) is 2.09. The van der Waals surface area contributed by atoms with Gasteiger partial charge in [0.15, 0.2) is 0 Å². The molecule has 2 aromatic rings. The minimum Gasteiger partial charge on any atom is -0.395 e. The highest BCUT2D eigenvalue weighted by molar-refractivity contribution is 7.89. The van der Waals surface area contributed by atoms with Crippen LogP contribution < -0.4 is 0 Å². The Bertz CT molecular complexity index is 790. The molecule has 1 aliphatic heterocycles. The summed E-state index contributed by atoms with van der Waals surface area (Å²) >= 11 is 0. The first-order valence-electron chi connectivity index (χ1n) is 8.37. The summed E-state index contributed by atoms with van der Waals surface area (Å²) in [6, 6.07) is 16.1. The lowest BCUT2D eigenvalue weighted by molar-refractivity contribution is 0.117. The van der Waals surface area contributed by atoms with Crippen LogP contribution in [0.5, 0.6) is 0 Å². The molecule has 6 heteroatoms. The largest absolute Gasteiger partial charge is 0.395 e. The Balaban J connectivity index is 1.56. The molecule has 0 bridgehead atoms. The Morgan fingerprint density at radius 2 is 1.72 bits per heavy atom. The minimum absolute atomic E-state index is 0.172. The molecule has 1 N–H and O–H groups in total. The Labute approximate surface area is 148 Å². The van der Waals surface area contributed by atoms with Crippen LogP contribution >= 0.6 is 0 Å². The van der Waals surface area contributed by atoms with Gasteiger partial charge in [-0.25, -0.2) is 8.42 Å². The van der Waals surface area contributed by atoms with E-state index in [1.165, 1.54) is 4.31 Å². The summed E-state index contributed by atoms with van der Waals surface area (Å²) in [5, 5.41) is 9.49. The lowest BCUT2D eigenvalue weighted by Gasteiger charge is -2.07. The normalized spacial score (nSPS) is 22.7. The number of benzene rings is 2. The van der Waals surface area contributed by atoms with Crippen LogP contribution in [0.25, 0.3) is 0 Å². The first kappa shape index (κ1) is 18.1. The zero-order valence-electron chi connectivity index (χ0n) is 14.2. The van der Waals surface area contributed by atoms with Gasteiger partial charge in [-0.3, -0.25) is 0 Å². The van der Waals surface area contributed by atoms with Gasteiger partial charge in [-0.05, 0) is 31.0 Å². The summed E-state index contributed by atoms with van der Waals surface area (Å²) in [7, 11) is -3.56. The quantitative estimate of drug-likeness (QED) is 0.579. The average molecular weight is 361 g/mol. The highest BCUT2D eigenvalue weighted by Crippen LogP contribution is 2.37. The van der Waals surface area contributed by atoms with E-state index in [1.54, 1.807) is 24.3 Å². The first-order chi connectivity index (χ1) is 12.0. The number of rotatable bonds is 8. The van der Waals surface area contributed by atoms with Crippen molar-refractivity contribution in [1.29, 1.82) is 0 Å². The molecule has 0 aromatic heterocycles. The third-order valence-corrected chi connectivity index (χ3v) is 6.43. The van der Waals surface area contributed by atoms with Gasteiger partial charge in [-0.15, -0.1) is 0 Å². The highest BCUT2D eigenvalue weighted by atomic mass is 32.2. The van der Waals surface area contributed by atoms with E-state index < -0.39 is 10.0 Å². The van der Waals surface area contributed by atoms with Gasteiger partial charge in [0.05, 0.1) is 24.2 Å². The van der Waals surface area contributed by atoms with Gasteiger partial charge in [-0.2, -0.15) is 4.31 Å². The SMILES string of the molecule is Cc1ccc(S(=O)(=O)[N@]2C(CO)C2CCOCc2ccccc2)cc1. The number of aliphatic hydroxyl groups is 1. The second-order valence-electron chi connectivity index (χ2n) is 6.29. The van der Waals surface area contributed by atoms with Crippen molar-refractivity contribution in [2.45, 2.75) is 36.9 Å². The Hall–Kier alpha value is -1.73. The molecule has 25 heavy (non-hydrogen) atoms. The van der Waals surface area contributed by atoms with Gasteiger partial charge in [0.1, 0.15) is 0 Å². The van der Waals surface area contributed by atoms with Crippen molar-refractivity contribution >= 4 is 10.0 Å². The van der Waals surface area contributed by atoms with Crippen LogP contribution in [0.3, 0.4) is 0 Å². The molecule has 0 radical (unpaired) electrons. The predicted molar refractivity (Wildman–Crippen MR) is 95.6 cm³/mol. The molecule has 0 spiro atoms. The maximum Gasteiger partial charge on any atom is 0.243 e. The molecule has 3 rings (SSSR count). The molecule has 0 aliphatic carbocycles. The van der Waals surface area contributed by atoms with E-state index >= 15 is 0 Å². The van der Waals surface area contributed by atoms with E-state index in [0.29, 0.717) is 19.6 Å². The lowest BCUT2D eigenvalue weighted by atomic mass is 10.2. The van der Waals surface area contributed by atoms with Gasteiger partial charge < -0.3 is 9.84 Å². The minimum atomic E-state index is -3.56. The summed E-state index contributed by atoms with van der Waals surface area (Å²) in [5.74, 6) is 0. The number of hydrogen-bond donors (Lipinski definition) is 1. The fraction of sp³-hybridized carbons (Fsp3) is 0.368. The molecule has 1 aliphatic rings. The molecule has 5 nitrogen and oxygen atoms in total. The van der Waals surface area contributed by atoms with Gasteiger partial charge in [-0.1, -0.05) is 48.0 Å². The Morgan fingerprint density at radius 1 is 1.04 bits per heavy atom. The van der Waals surface area contributed by atoms with E-state index in [1.807, 2.05) is 37.3 Å².